The van der Waals surface area contributed by atoms with E-state index in [-0.39, 0.29) is 12.1 Å². The summed E-state index contributed by atoms with van der Waals surface area (Å²) in [6.07, 6.45) is 1.12. The standard InChI is InChI=1S/C9H19O3Si/c1-6-8(4)11-13(7(2)3)12-9(5)10/h7-8H,6H2,1-5H3. The lowest BCUT2D eigenvalue weighted by Gasteiger charge is -2.20. The van der Waals surface area contributed by atoms with Crippen LogP contribution in [0.1, 0.15) is 41.0 Å². The molecule has 0 aromatic carbocycles. The fourth-order valence-electron chi connectivity index (χ4n) is 0.701. The molecular weight excluding hydrogens is 184 g/mol. The number of rotatable bonds is 5. The van der Waals surface area contributed by atoms with Gasteiger partial charge in [0.05, 0.1) is 0 Å². The topological polar surface area (TPSA) is 35.5 Å². The molecule has 0 amide bonds. The molecule has 1 atom stereocenters. The van der Waals surface area contributed by atoms with Crippen molar-refractivity contribution in [3.63, 3.8) is 0 Å². The van der Waals surface area contributed by atoms with E-state index in [1.807, 2.05) is 20.8 Å². The average Bonchev–Trinajstić information content (AvgIpc) is 2.02. The Kier molecular flexibility index (Phi) is 5.99. The summed E-state index contributed by atoms with van der Waals surface area (Å²) in [5, 5.41) is 0. The lowest BCUT2D eigenvalue weighted by Crippen LogP contribution is -2.31. The molecule has 0 N–H and O–H groups in total. The molecule has 0 spiro atoms. The number of hydrogen-bond acceptors (Lipinski definition) is 3. The van der Waals surface area contributed by atoms with Crippen molar-refractivity contribution in [3.05, 3.63) is 0 Å². The van der Waals surface area contributed by atoms with Crippen LogP contribution in [0, 0.1) is 0 Å². The molecule has 0 saturated heterocycles. The Labute approximate surface area is 82.3 Å². The van der Waals surface area contributed by atoms with Gasteiger partial charge in [0.1, 0.15) is 0 Å². The number of carbonyl (C=O) groups is 1. The molecule has 0 saturated carbocycles. The Hall–Kier alpha value is -0.353. The molecule has 0 fully saturated rings. The zero-order valence-electron chi connectivity index (χ0n) is 9.09. The minimum absolute atomic E-state index is 0.177. The summed E-state index contributed by atoms with van der Waals surface area (Å²) in [6.45, 7) is 9.50. The Morgan fingerprint density at radius 2 is 1.92 bits per heavy atom. The highest BCUT2D eigenvalue weighted by atomic mass is 28.3. The van der Waals surface area contributed by atoms with Gasteiger partial charge in [-0.25, -0.2) is 0 Å². The van der Waals surface area contributed by atoms with E-state index >= 15 is 0 Å². The second-order valence-corrected chi connectivity index (χ2v) is 5.64. The predicted octanol–water partition coefficient (Wildman–Crippen LogP) is 2.26. The normalized spacial score (nSPS) is 13.5. The summed E-state index contributed by atoms with van der Waals surface area (Å²) in [7, 11) is -1.42. The Morgan fingerprint density at radius 1 is 1.38 bits per heavy atom. The van der Waals surface area contributed by atoms with Gasteiger partial charge >= 0.3 is 9.28 Å². The van der Waals surface area contributed by atoms with Crippen LogP contribution in [0.15, 0.2) is 0 Å². The van der Waals surface area contributed by atoms with Gasteiger partial charge in [-0.15, -0.1) is 0 Å². The molecule has 0 aromatic rings. The van der Waals surface area contributed by atoms with Crippen molar-refractivity contribution in [3.8, 4) is 0 Å². The van der Waals surface area contributed by atoms with E-state index in [0.29, 0.717) is 5.54 Å². The van der Waals surface area contributed by atoms with E-state index in [4.69, 9.17) is 8.85 Å². The third kappa shape index (κ3) is 5.82. The van der Waals surface area contributed by atoms with Crippen LogP contribution in [0.5, 0.6) is 0 Å². The largest absolute Gasteiger partial charge is 0.492 e. The van der Waals surface area contributed by atoms with E-state index in [1.54, 1.807) is 0 Å². The molecule has 77 valence electrons. The number of carbonyl (C=O) groups excluding carboxylic acids is 1. The SMILES string of the molecule is CCC(C)O[Si](OC(C)=O)C(C)C. The fraction of sp³-hybridized carbons (Fsp3) is 0.889. The van der Waals surface area contributed by atoms with Crippen LogP contribution in [0.25, 0.3) is 0 Å². The first kappa shape index (κ1) is 12.6. The lowest BCUT2D eigenvalue weighted by atomic mass is 10.3. The van der Waals surface area contributed by atoms with E-state index in [9.17, 15) is 4.79 Å². The van der Waals surface area contributed by atoms with Crippen LogP contribution in [-0.2, 0) is 13.6 Å². The molecule has 0 rings (SSSR count). The molecular formula is C9H19O3Si. The first-order chi connectivity index (χ1) is 5.97. The minimum Gasteiger partial charge on any atom is -0.492 e. The van der Waals surface area contributed by atoms with Crippen molar-refractivity contribution in [1.29, 1.82) is 0 Å². The third-order valence-corrected chi connectivity index (χ3v) is 3.67. The van der Waals surface area contributed by atoms with Gasteiger partial charge in [0, 0.05) is 18.6 Å². The van der Waals surface area contributed by atoms with Crippen LogP contribution < -0.4 is 0 Å². The maximum Gasteiger partial charge on any atom is 0.462 e. The highest BCUT2D eigenvalue weighted by Crippen LogP contribution is 2.13. The first-order valence-corrected chi connectivity index (χ1v) is 6.08. The molecule has 4 heteroatoms. The Morgan fingerprint density at radius 3 is 2.23 bits per heavy atom. The van der Waals surface area contributed by atoms with E-state index in [1.165, 1.54) is 6.92 Å². The highest BCUT2D eigenvalue weighted by molar-refractivity contribution is 6.48. The van der Waals surface area contributed by atoms with Crippen LogP contribution in [0.2, 0.25) is 5.54 Å². The zero-order chi connectivity index (χ0) is 10.4. The average molecular weight is 203 g/mol. The molecule has 0 aromatic heterocycles. The zero-order valence-corrected chi connectivity index (χ0v) is 10.1. The number of hydrogen-bond donors (Lipinski definition) is 0. The van der Waals surface area contributed by atoms with Crippen molar-refractivity contribution in [2.75, 3.05) is 0 Å². The third-order valence-electron chi connectivity index (χ3n) is 1.61. The highest BCUT2D eigenvalue weighted by Gasteiger charge is 2.25. The van der Waals surface area contributed by atoms with Gasteiger partial charge in [-0.05, 0) is 13.3 Å². The predicted molar refractivity (Wildman–Crippen MR) is 53.5 cm³/mol. The van der Waals surface area contributed by atoms with Crippen molar-refractivity contribution in [1.82, 2.24) is 0 Å². The summed E-state index contributed by atoms with van der Waals surface area (Å²) >= 11 is 0. The second-order valence-electron chi connectivity index (χ2n) is 3.40. The lowest BCUT2D eigenvalue weighted by molar-refractivity contribution is -0.133. The molecule has 0 bridgehead atoms. The quantitative estimate of drug-likeness (QED) is 0.643. The summed E-state index contributed by atoms with van der Waals surface area (Å²) in [4.78, 5) is 10.8. The van der Waals surface area contributed by atoms with E-state index in [0.717, 1.165) is 6.42 Å². The van der Waals surface area contributed by atoms with Gasteiger partial charge in [0.25, 0.3) is 5.97 Å². The molecule has 1 radical (unpaired) electrons. The van der Waals surface area contributed by atoms with Crippen molar-refractivity contribution < 1.29 is 13.6 Å². The van der Waals surface area contributed by atoms with Gasteiger partial charge in [-0.2, -0.15) is 0 Å². The van der Waals surface area contributed by atoms with Crippen molar-refractivity contribution >= 4 is 15.3 Å². The molecule has 13 heavy (non-hydrogen) atoms. The van der Waals surface area contributed by atoms with Gasteiger partial charge in [-0.1, -0.05) is 20.8 Å². The monoisotopic (exact) mass is 203 g/mol. The smallest absolute Gasteiger partial charge is 0.462 e. The minimum atomic E-state index is -1.42. The summed E-state index contributed by atoms with van der Waals surface area (Å²) in [6, 6.07) is 0. The fourth-order valence-corrected chi connectivity index (χ4v) is 2.10. The maximum atomic E-state index is 10.8. The molecule has 3 nitrogen and oxygen atoms in total. The van der Waals surface area contributed by atoms with Crippen molar-refractivity contribution in [2.24, 2.45) is 0 Å². The Bertz CT molecular complexity index is 159. The Balaban J connectivity index is 4.02. The maximum absolute atomic E-state index is 10.8. The molecule has 0 aliphatic heterocycles. The molecule has 0 aliphatic rings. The van der Waals surface area contributed by atoms with Crippen LogP contribution in [0.4, 0.5) is 0 Å². The summed E-state index contributed by atoms with van der Waals surface area (Å²) in [5.74, 6) is -0.245. The van der Waals surface area contributed by atoms with Gasteiger partial charge in [-0.3, -0.25) is 4.79 Å². The van der Waals surface area contributed by atoms with E-state index < -0.39 is 9.28 Å². The van der Waals surface area contributed by atoms with Crippen molar-refractivity contribution in [2.45, 2.75) is 52.7 Å². The molecule has 0 heterocycles. The van der Waals surface area contributed by atoms with E-state index in [2.05, 4.69) is 6.92 Å². The summed E-state index contributed by atoms with van der Waals surface area (Å²) < 4.78 is 10.8. The summed E-state index contributed by atoms with van der Waals surface area (Å²) in [5.41, 5.74) is 0.294. The van der Waals surface area contributed by atoms with Crippen LogP contribution >= 0.6 is 0 Å². The second kappa shape index (κ2) is 6.15. The first-order valence-electron chi connectivity index (χ1n) is 4.69. The molecule has 1 unspecified atom stereocenters. The van der Waals surface area contributed by atoms with Crippen LogP contribution in [0.3, 0.4) is 0 Å². The van der Waals surface area contributed by atoms with Crippen LogP contribution in [-0.4, -0.2) is 21.4 Å². The molecule has 0 aliphatic carbocycles. The van der Waals surface area contributed by atoms with Gasteiger partial charge in [0.15, 0.2) is 0 Å². The van der Waals surface area contributed by atoms with Gasteiger partial charge < -0.3 is 8.85 Å². The van der Waals surface area contributed by atoms with Gasteiger partial charge in [0.2, 0.25) is 0 Å².